The number of aliphatic carboxylic acids is 1. The molecule has 41 heavy (non-hydrogen) atoms. The monoisotopic (exact) mass is 552 g/mol. The minimum absolute atomic E-state index is 0.0536. The molecule has 4 aromatic rings. The van der Waals surface area contributed by atoms with Crippen LogP contribution in [0.1, 0.15) is 61.4 Å². The van der Waals surface area contributed by atoms with E-state index in [9.17, 15) is 19.8 Å². The van der Waals surface area contributed by atoms with Crippen molar-refractivity contribution < 1.29 is 24.5 Å². The van der Waals surface area contributed by atoms with Crippen molar-refractivity contribution in [1.29, 1.82) is 0 Å². The highest BCUT2D eigenvalue weighted by Gasteiger charge is 2.22. The second kappa shape index (κ2) is 14.7. The van der Waals surface area contributed by atoms with Gasteiger partial charge in [-0.1, -0.05) is 69.0 Å². The molecule has 1 heterocycles. The third-order valence-electron chi connectivity index (χ3n) is 7.02. The molecule has 1 aromatic heterocycles. The van der Waals surface area contributed by atoms with Gasteiger partial charge >= 0.3 is 5.97 Å². The minimum atomic E-state index is -1.03. The number of nitrogens with zero attached hydrogens (tertiary/aromatic N) is 2. The predicted octanol–water partition coefficient (Wildman–Crippen LogP) is 7.38. The Bertz CT molecular complexity index is 1400. The van der Waals surface area contributed by atoms with E-state index < -0.39 is 11.9 Å². The number of carboxylic acid groups (broad SMARTS) is 1. The second-order valence-corrected chi connectivity index (χ2v) is 10.2. The third kappa shape index (κ3) is 8.73. The second-order valence-electron chi connectivity index (χ2n) is 10.2. The molecule has 0 radical (unpaired) electrons. The summed E-state index contributed by atoms with van der Waals surface area (Å²) in [4.78, 5) is 33.5. The van der Waals surface area contributed by atoms with E-state index in [0.717, 1.165) is 41.0 Å². The van der Waals surface area contributed by atoms with Crippen LogP contribution in [0.5, 0.6) is 11.5 Å². The fourth-order valence-electron chi connectivity index (χ4n) is 4.58. The normalized spacial score (nSPS) is 11.6. The number of phenols is 1. The van der Waals surface area contributed by atoms with Crippen LogP contribution in [0.4, 0.5) is 0 Å². The molecule has 7 nitrogen and oxygen atoms in total. The molecule has 0 aliphatic heterocycles. The fraction of sp³-hybridized carbons (Fsp3) is 0.294. The molecular formula is C34H36N2O5. The summed E-state index contributed by atoms with van der Waals surface area (Å²) in [6, 6.07) is 21.2. The molecule has 0 spiro atoms. The number of ether oxygens (including phenoxy) is 1. The summed E-state index contributed by atoms with van der Waals surface area (Å²) in [5, 5.41) is 19.1. The number of hydrogen-bond acceptors (Lipinski definition) is 6. The number of carboxylic acids is 1. The van der Waals surface area contributed by atoms with Crippen molar-refractivity contribution >= 4 is 11.8 Å². The summed E-state index contributed by atoms with van der Waals surface area (Å²) < 4.78 is 5.85. The molecule has 0 fully saturated rings. The van der Waals surface area contributed by atoms with E-state index >= 15 is 0 Å². The number of unbranched alkanes of at least 4 members (excludes halogenated alkanes) is 4. The van der Waals surface area contributed by atoms with Crippen molar-refractivity contribution in [2.45, 2.75) is 51.9 Å². The molecule has 0 aliphatic rings. The maximum atomic E-state index is 12.6. The van der Waals surface area contributed by atoms with E-state index in [1.165, 1.54) is 49.9 Å². The highest BCUT2D eigenvalue weighted by Crippen LogP contribution is 2.24. The molecule has 0 saturated heterocycles. The Morgan fingerprint density at radius 1 is 0.780 bits per heavy atom. The van der Waals surface area contributed by atoms with Gasteiger partial charge in [0.25, 0.3) is 0 Å². The van der Waals surface area contributed by atoms with Crippen LogP contribution in [0.15, 0.2) is 85.2 Å². The van der Waals surface area contributed by atoms with Gasteiger partial charge in [0.05, 0.1) is 12.5 Å². The number of hydrogen-bond donors (Lipinski definition) is 2. The number of phenolic OH excluding ortho intramolecular Hbond substituents is 1. The zero-order valence-electron chi connectivity index (χ0n) is 23.3. The minimum Gasteiger partial charge on any atom is -0.508 e. The fourth-order valence-corrected chi connectivity index (χ4v) is 4.58. The molecule has 1 atom stereocenters. The number of benzene rings is 3. The lowest BCUT2D eigenvalue weighted by atomic mass is 9.92. The van der Waals surface area contributed by atoms with Gasteiger partial charge in [-0.3, -0.25) is 9.59 Å². The van der Waals surface area contributed by atoms with Gasteiger partial charge in [0, 0.05) is 35.5 Å². The quantitative estimate of drug-likeness (QED) is 0.117. The molecule has 0 unspecified atom stereocenters. The molecule has 0 saturated carbocycles. The Hall–Kier alpha value is -4.52. The van der Waals surface area contributed by atoms with Crippen molar-refractivity contribution in [3.63, 3.8) is 0 Å². The lowest BCUT2D eigenvalue weighted by molar-refractivity contribution is -0.141. The van der Waals surface area contributed by atoms with E-state index in [1.54, 1.807) is 12.4 Å². The Balaban J connectivity index is 1.32. The molecule has 4 rings (SSSR count). The van der Waals surface area contributed by atoms with Gasteiger partial charge in [-0.05, 0) is 60.4 Å². The Kier molecular flexibility index (Phi) is 10.6. The largest absolute Gasteiger partial charge is 0.508 e. The van der Waals surface area contributed by atoms with E-state index in [4.69, 9.17) is 4.74 Å². The Morgan fingerprint density at radius 3 is 2.05 bits per heavy atom. The molecule has 0 aliphatic carbocycles. The average Bonchev–Trinajstić information content (AvgIpc) is 2.99. The first-order valence-corrected chi connectivity index (χ1v) is 14.1. The molecule has 3 aromatic carbocycles. The SMILES string of the molecule is CCCCCCCOc1ccc(-c2cnc(-c3ccc(C[C@H](CC(=O)c4ccc(O)cc4)C(=O)O)cc3)nc2)cc1. The van der Waals surface area contributed by atoms with Gasteiger partial charge in [-0.25, -0.2) is 9.97 Å². The number of ketones is 1. The molecular weight excluding hydrogens is 516 g/mol. The standard InChI is InChI=1S/C34H36N2O5/c1-2-3-4-5-6-19-41-31-17-13-25(14-18-31)29-22-35-33(36-23-29)27-9-7-24(8-10-27)20-28(34(39)40)21-32(38)26-11-15-30(37)16-12-26/h7-18,22-23,28,37H,2-6,19-21H2,1H3,(H,39,40)/t28-/m1/s1. The van der Waals surface area contributed by atoms with Crippen LogP contribution in [0, 0.1) is 5.92 Å². The summed E-state index contributed by atoms with van der Waals surface area (Å²) in [6.07, 6.45) is 9.71. The molecule has 212 valence electrons. The number of carbonyl (C=O) groups is 2. The van der Waals surface area contributed by atoms with E-state index in [0.29, 0.717) is 11.4 Å². The average molecular weight is 553 g/mol. The van der Waals surface area contributed by atoms with Gasteiger partial charge in [-0.2, -0.15) is 0 Å². The lowest BCUT2D eigenvalue weighted by Crippen LogP contribution is -2.20. The maximum absolute atomic E-state index is 12.6. The van der Waals surface area contributed by atoms with Crippen LogP contribution in [-0.2, 0) is 11.2 Å². The van der Waals surface area contributed by atoms with Crippen molar-refractivity contribution in [1.82, 2.24) is 9.97 Å². The van der Waals surface area contributed by atoms with Crippen LogP contribution < -0.4 is 4.74 Å². The summed E-state index contributed by atoms with van der Waals surface area (Å²) in [7, 11) is 0. The van der Waals surface area contributed by atoms with Crippen LogP contribution in [0.2, 0.25) is 0 Å². The van der Waals surface area contributed by atoms with Crippen LogP contribution in [-0.4, -0.2) is 38.5 Å². The van der Waals surface area contributed by atoms with Gasteiger partial charge in [-0.15, -0.1) is 0 Å². The molecule has 0 amide bonds. The number of aromatic hydroxyl groups is 1. The van der Waals surface area contributed by atoms with E-state index in [2.05, 4.69) is 16.9 Å². The van der Waals surface area contributed by atoms with Crippen molar-refractivity contribution in [2.24, 2.45) is 5.92 Å². The summed E-state index contributed by atoms with van der Waals surface area (Å²) in [5.41, 5.74) is 3.90. The maximum Gasteiger partial charge on any atom is 0.307 e. The number of carbonyl (C=O) groups excluding carboxylic acids is 1. The van der Waals surface area contributed by atoms with Crippen molar-refractivity contribution in [3.05, 3.63) is 96.3 Å². The van der Waals surface area contributed by atoms with Gasteiger partial charge in [0.2, 0.25) is 0 Å². The number of Topliss-reactive ketones (excluding diaryl/α,β-unsaturated/α-hetero) is 1. The Labute approximate surface area is 240 Å². The van der Waals surface area contributed by atoms with Crippen LogP contribution in [0.25, 0.3) is 22.5 Å². The number of rotatable bonds is 15. The highest BCUT2D eigenvalue weighted by molar-refractivity contribution is 5.98. The van der Waals surface area contributed by atoms with Gasteiger partial charge in [0.15, 0.2) is 11.6 Å². The summed E-state index contributed by atoms with van der Waals surface area (Å²) >= 11 is 0. The van der Waals surface area contributed by atoms with Crippen molar-refractivity contribution in [3.8, 4) is 34.0 Å². The highest BCUT2D eigenvalue weighted by atomic mass is 16.5. The van der Waals surface area contributed by atoms with Gasteiger partial charge in [0.1, 0.15) is 11.5 Å². The Morgan fingerprint density at radius 2 is 1.41 bits per heavy atom. The molecule has 0 bridgehead atoms. The smallest absolute Gasteiger partial charge is 0.307 e. The summed E-state index contributed by atoms with van der Waals surface area (Å²) in [5.74, 6) is -0.680. The van der Waals surface area contributed by atoms with E-state index in [-0.39, 0.29) is 24.4 Å². The van der Waals surface area contributed by atoms with Gasteiger partial charge < -0.3 is 14.9 Å². The van der Waals surface area contributed by atoms with Crippen molar-refractivity contribution in [2.75, 3.05) is 6.61 Å². The number of aromatic nitrogens is 2. The van der Waals surface area contributed by atoms with Crippen LogP contribution >= 0.6 is 0 Å². The topological polar surface area (TPSA) is 110 Å². The predicted molar refractivity (Wildman–Crippen MR) is 159 cm³/mol. The zero-order chi connectivity index (χ0) is 29.0. The first-order valence-electron chi connectivity index (χ1n) is 14.1. The summed E-state index contributed by atoms with van der Waals surface area (Å²) in [6.45, 7) is 2.94. The first-order chi connectivity index (χ1) is 19.9. The lowest BCUT2D eigenvalue weighted by Gasteiger charge is -2.12. The molecule has 7 heteroatoms. The van der Waals surface area contributed by atoms with E-state index in [1.807, 2.05) is 48.5 Å². The van der Waals surface area contributed by atoms with Crippen LogP contribution in [0.3, 0.4) is 0 Å². The zero-order valence-corrected chi connectivity index (χ0v) is 23.3. The first kappa shape index (κ1) is 29.5. The third-order valence-corrected chi connectivity index (χ3v) is 7.02. The molecule has 2 N–H and O–H groups in total.